The van der Waals surface area contributed by atoms with Crippen LogP contribution >= 0.6 is 0 Å². The van der Waals surface area contributed by atoms with E-state index in [0.717, 1.165) is 44.1 Å². The van der Waals surface area contributed by atoms with Gasteiger partial charge in [-0.25, -0.2) is 13.6 Å². The number of hydrogen-bond donors (Lipinski definition) is 3. The molecular formula is C21H26N4O5S. The number of likely N-dealkylation sites (N-methyl/N-ethyl adjacent to an activating group) is 2. The second-order valence-electron chi connectivity index (χ2n) is 7.73. The number of phenols is 1. The first-order valence-corrected chi connectivity index (χ1v) is 11.3. The number of nitrogens with zero attached hydrogens (tertiary/aromatic N) is 2. The second-order valence-corrected chi connectivity index (χ2v) is 9.29. The van der Waals surface area contributed by atoms with Crippen LogP contribution in [0.15, 0.2) is 47.4 Å². The summed E-state index contributed by atoms with van der Waals surface area (Å²) in [6.07, 6.45) is 2.01. The largest absolute Gasteiger partial charge is 0.507 e. The molecule has 2 aromatic carbocycles. The van der Waals surface area contributed by atoms with Crippen LogP contribution in [0.25, 0.3) is 0 Å². The van der Waals surface area contributed by atoms with E-state index < -0.39 is 15.9 Å². The van der Waals surface area contributed by atoms with Crippen LogP contribution in [-0.4, -0.2) is 68.4 Å². The van der Waals surface area contributed by atoms with Gasteiger partial charge in [0, 0.05) is 30.9 Å². The molecule has 1 saturated heterocycles. The minimum absolute atomic E-state index is 0.100. The van der Waals surface area contributed by atoms with E-state index in [0.29, 0.717) is 11.3 Å². The molecule has 2 aromatic rings. The predicted octanol–water partition coefficient (Wildman–Crippen LogP) is 1.46. The molecule has 1 unspecified atom stereocenters. The lowest BCUT2D eigenvalue weighted by molar-refractivity contribution is 0.0644. The summed E-state index contributed by atoms with van der Waals surface area (Å²) in [4.78, 5) is 29.0. The summed E-state index contributed by atoms with van der Waals surface area (Å²) in [6.45, 7) is 1.86. The molecule has 1 fully saturated rings. The molecule has 2 amide bonds. The normalized spacial score (nSPS) is 17.2. The zero-order valence-corrected chi connectivity index (χ0v) is 18.2. The Bertz CT molecular complexity index is 1090. The Hall–Kier alpha value is -2.95. The first-order chi connectivity index (χ1) is 14.6. The number of rotatable bonds is 5. The van der Waals surface area contributed by atoms with Gasteiger partial charge in [0.25, 0.3) is 11.8 Å². The molecular weight excluding hydrogens is 420 g/mol. The number of likely N-dealkylation sites (tertiary alicyclic amines) is 1. The fraction of sp³-hybridized carbons (Fsp3) is 0.333. The van der Waals surface area contributed by atoms with Gasteiger partial charge in [-0.3, -0.25) is 9.59 Å². The predicted molar refractivity (Wildman–Crippen MR) is 116 cm³/mol. The monoisotopic (exact) mass is 446 g/mol. The van der Waals surface area contributed by atoms with Crippen LogP contribution in [0.5, 0.6) is 5.75 Å². The maximum absolute atomic E-state index is 12.8. The van der Waals surface area contributed by atoms with E-state index in [9.17, 15) is 23.1 Å². The van der Waals surface area contributed by atoms with Crippen molar-refractivity contribution < 1.29 is 23.1 Å². The highest BCUT2D eigenvalue weighted by Gasteiger charge is 2.25. The fourth-order valence-corrected chi connectivity index (χ4v) is 4.13. The third kappa shape index (κ3) is 5.40. The van der Waals surface area contributed by atoms with Crippen molar-refractivity contribution in [1.29, 1.82) is 0 Å². The Morgan fingerprint density at radius 2 is 1.87 bits per heavy atom. The number of carbonyl (C=O) groups excluding carboxylic acids is 2. The molecule has 9 nitrogen and oxygen atoms in total. The Balaban J connectivity index is 1.71. The molecule has 31 heavy (non-hydrogen) atoms. The molecule has 1 aliphatic rings. The van der Waals surface area contributed by atoms with Gasteiger partial charge in [-0.2, -0.15) is 0 Å². The van der Waals surface area contributed by atoms with Crippen molar-refractivity contribution in [2.45, 2.75) is 23.8 Å². The summed E-state index contributed by atoms with van der Waals surface area (Å²) >= 11 is 0. The number of carbonyl (C=O) groups is 2. The molecule has 1 atom stereocenters. The lowest BCUT2D eigenvalue weighted by atomic mass is 10.0. The van der Waals surface area contributed by atoms with Gasteiger partial charge in [-0.05, 0) is 68.9 Å². The maximum Gasteiger partial charge on any atom is 0.259 e. The van der Waals surface area contributed by atoms with Gasteiger partial charge in [0.15, 0.2) is 0 Å². The SMILES string of the molecule is CN1CCCC(N(C)C(=O)c2ccc(NC(=O)c3cc(S(N)(=O)=O)ccc3O)cc2)C1. The van der Waals surface area contributed by atoms with Crippen molar-refractivity contribution in [2.75, 3.05) is 32.5 Å². The van der Waals surface area contributed by atoms with E-state index in [1.807, 2.05) is 7.05 Å². The summed E-state index contributed by atoms with van der Waals surface area (Å²) in [5, 5.41) is 17.6. The van der Waals surface area contributed by atoms with Gasteiger partial charge in [0.05, 0.1) is 10.5 Å². The molecule has 1 heterocycles. The molecule has 0 radical (unpaired) electrons. The first kappa shape index (κ1) is 22.7. The van der Waals surface area contributed by atoms with Gasteiger partial charge >= 0.3 is 0 Å². The number of piperidine rings is 1. The molecule has 0 bridgehead atoms. The number of benzene rings is 2. The van der Waals surface area contributed by atoms with Crippen molar-refractivity contribution in [2.24, 2.45) is 5.14 Å². The number of nitrogens with one attached hydrogen (secondary N) is 1. The van der Waals surface area contributed by atoms with E-state index in [4.69, 9.17) is 5.14 Å². The maximum atomic E-state index is 12.8. The number of sulfonamides is 1. The number of aromatic hydroxyl groups is 1. The molecule has 166 valence electrons. The number of nitrogens with two attached hydrogens (primary N) is 1. The quantitative estimate of drug-likeness (QED) is 0.637. The Kier molecular flexibility index (Phi) is 6.63. The third-order valence-corrected chi connectivity index (χ3v) is 6.31. The molecule has 10 heteroatoms. The lowest BCUT2D eigenvalue weighted by Gasteiger charge is -2.35. The number of anilines is 1. The number of phenolic OH excluding ortho intramolecular Hbond substituents is 1. The van der Waals surface area contributed by atoms with Crippen LogP contribution in [0.2, 0.25) is 0 Å². The highest BCUT2D eigenvalue weighted by molar-refractivity contribution is 7.89. The standard InChI is InChI=1S/C21H26N4O5S/c1-24-11-3-4-16(13-24)25(2)21(28)14-5-7-15(8-6-14)23-20(27)18-12-17(31(22,29)30)9-10-19(18)26/h5-10,12,16,26H,3-4,11,13H2,1-2H3,(H,23,27)(H2,22,29,30). The molecule has 0 aliphatic carbocycles. The van der Waals surface area contributed by atoms with E-state index in [2.05, 4.69) is 10.2 Å². The summed E-state index contributed by atoms with van der Waals surface area (Å²) in [7, 11) is -0.186. The smallest absolute Gasteiger partial charge is 0.259 e. The van der Waals surface area contributed by atoms with Crippen LogP contribution in [0.4, 0.5) is 5.69 Å². The topological polar surface area (TPSA) is 133 Å². The molecule has 0 aromatic heterocycles. The van der Waals surface area contributed by atoms with Crippen molar-refractivity contribution in [3.63, 3.8) is 0 Å². The number of amides is 2. The Labute approximate surface area is 181 Å². The minimum atomic E-state index is -4.02. The highest BCUT2D eigenvalue weighted by atomic mass is 32.2. The summed E-state index contributed by atoms with van der Waals surface area (Å²) in [5.74, 6) is -1.18. The van der Waals surface area contributed by atoms with Gasteiger partial charge in [-0.1, -0.05) is 0 Å². The van der Waals surface area contributed by atoms with Gasteiger partial charge in [0.1, 0.15) is 5.75 Å². The lowest BCUT2D eigenvalue weighted by Crippen LogP contribution is -2.47. The van der Waals surface area contributed by atoms with Crippen LogP contribution in [-0.2, 0) is 10.0 Å². The fourth-order valence-electron chi connectivity index (χ4n) is 3.59. The summed E-state index contributed by atoms with van der Waals surface area (Å²) in [5.41, 5.74) is 0.655. The van der Waals surface area contributed by atoms with E-state index >= 15 is 0 Å². The molecule has 3 rings (SSSR count). The van der Waals surface area contributed by atoms with Crippen molar-refractivity contribution in [3.8, 4) is 5.75 Å². The molecule has 0 spiro atoms. The summed E-state index contributed by atoms with van der Waals surface area (Å²) in [6, 6.07) is 9.74. The first-order valence-electron chi connectivity index (χ1n) is 9.79. The molecule has 1 aliphatic heterocycles. The van der Waals surface area contributed by atoms with Crippen molar-refractivity contribution in [1.82, 2.24) is 9.80 Å². The van der Waals surface area contributed by atoms with E-state index in [1.165, 1.54) is 0 Å². The highest BCUT2D eigenvalue weighted by Crippen LogP contribution is 2.23. The van der Waals surface area contributed by atoms with Crippen LogP contribution in [0.3, 0.4) is 0 Å². The van der Waals surface area contributed by atoms with Crippen LogP contribution in [0, 0.1) is 0 Å². The Morgan fingerprint density at radius 3 is 2.48 bits per heavy atom. The third-order valence-electron chi connectivity index (χ3n) is 5.40. The van der Waals surface area contributed by atoms with Gasteiger partial charge in [0.2, 0.25) is 10.0 Å². The van der Waals surface area contributed by atoms with Gasteiger partial charge in [-0.15, -0.1) is 0 Å². The van der Waals surface area contributed by atoms with Crippen molar-refractivity contribution in [3.05, 3.63) is 53.6 Å². The molecule has 4 N–H and O–H groups in total. The van der Waals surface area contributed by atoms with E-state index in [-0.39, 0.29) is 28.2 Å². The minimum Gasteiger partial charge on any atom is -0.507 e. The zero-order valence-electron chi connectivity index (χ0n) is 17.4. The summed E-state index contributed by atoms with van der Waals surface area (Å²) < 4.78 is 23.0. The average Bonchev–Trinajstić information content (AvgIpc) is 2.72. The van der Waals surface area contributed by atoms with E-state index in [1.54, 1.807) is 36.2 Å². The Morgan fingerprint density at radius 1 is 1.19 bits per heavy atom. The van der Waals surface area contributed by atoms with Gasteiger partial charge < -0.3 is 20.2 Å². The van der Waals surface area contributed by atoms with Crippen LogP contribution < -0.4 is 10.5 Å². The number of primary sulfonamides is 1. The average molecular weight is 447 g/mol. The second kappa shape index (κ2) is 9.04. The van der Waals surface area contributed by atoms with Crippen molar-refractivity contribution >= 4 is 27.5 Å². The van der Waals surface area contributed by atoms with Crippen LogP contribution in [0.1, 0.15) is 33.6 Å². The molecule has 0 saturated carbocycles. The zero-order chi connectivity index (χ0) is 22.8. The number of hydrogen-bond acceptors (Lipinski definition) is 6.